The number of benzene rings is 12. The van der Waals surface area contributed by atoms with E-state index in [-0.39, 0.29) is 0 Å². The van der Waals surface area contributed by atoms with Crippen LogP contribution in [0.5, 0.6) is 0 Å². The van der Waals surface area contributed by atoms with Gasteiger partial charge >= 0.3 is 0 Å². The molecule has 1 spiro atoms. The number of hydrogen-bond donors (Lipinski definition) is 0. The Labute approximate surface area is 429 Å². The van der Waals surface area contributed by atoms with Crippen LogP contribution >= 0.6 is 0 Å². The standard InChI is InChI=1S/C72H45NO/c1-3-23-48(24-4-1)71(49-25-5-2-6-26-49)62-36-17-12-31-57(62)70-63(71)37-20-39-66(70)73(65-38-18-13-30-55(65)56-32-19-40-67-69(56)58-43-46-21-7-8-22-47(46)44-68(58)74-67)50-41-42-54-53-29-11-16-35-61(53)72(64(54)45-50)59-33-14-9-27-51(59)52-28-10-15-34-60(52)72/h1-45H. The summed E-state index contributed by atoms with van der Waals surface area (Å²) in [6.07, 6.45) is 0. The fourth-order valence-corrected chi connectivity index (χ4v) is 13.9. The molecule has 74 heavy (non-hydrogen) atoms. The maximum Gasteiger partial charge on any atom is 0.136 e. The molecule has 0 atom stereocenters. The Balaban J connectivity index is 1.02. The summed E-state index contributed by atoms with van der Waals surface area (Å²) in [7, 11) is 0. The number of anilines is 3. The van der Waals surface area contributed by atoms with Gasteiger partial charge in [-0.05, 0) is 131 Å². The highest BCUT2D eigenvalue weighted by atomic mass is 16.3. The zero-order chi connectivity index (χ0) is 48.5. The molecule has 1 heterocycles. The molecule has 0 amide bonds. The number of para-hydroxylation sites is 1. The normalized spacial score (nSPS) is 13.9. The minimum atomic E-state index is -0.583. The maximum absolute atomic E-state index is 6.78. The van der Waals surface area contributed by atoms with E-state index < -0.39 is 10.8 Å². The van der Waals surface area contributed by atoms with Gasteiger partial charge in [0.1, 0.15) is 11.2 Å². The van der Waals surface area contributed by atoms with Gasteiger partial charge in [-0.15, -0.1) is 0 Å². The molecule has 13 aromatic rings. The van der Waals surface area contributed by atoms with Crippen LogP contribution in [0.3, 0.4) is 0 Å². The average molecular weight is 940 g/mol. The zero-order valence-corrected chi connectivity index (χ0v) is 40.3. The second-order valence-corrected chi connectivity index (χ2v) is 20.2. The van der Waals surface area contributed by atoms with Gasteiger partial charge < -0.3 is 9.32 Å². The molecule has 12 aromatic carbocycles. The van der Waals surface area contributed by atoms with Gasteiger partial charge in [-0.1, -0.05) is 231 Å². The first-order valence-electron chi connectivity index (χ1n) is 25.7. The largest absolute Gasteiger partial charge is 0.456 e. The molecule has 344 valence electrons. The first-order chi connectivity index (χ1) is 36.7. The third kappa shape index (κ3) is 5.39. The molecule has 0 bridgehead atoms. The Hall–Kier alpha value is -9.50. The molecule has 2 heteroatoms. The van der Waals surface area contributed by atoms with Crippen molar-refractivity contribution in [1.29, 1.82) is 0 Å². The van der Waals surface area contributed by atoms with Gasteiger partial charge in [0.25, 0.3) is 0 Å². The van der Waals surface area contributed by atoms with Crippen LogP contribution in [-0.4, -0.2) is 0 Å². The van der Waals surface area contributed by atoms with Crippen molar-refractivity contribution in [2.24, 2.45) is 0 Å². The van der Waals surface area contributed by atoms with Crippen LogP contribution in [0.4, 0.5) is 17.1 Å². The summed E-state index contributed by atoms with van der Waals surface area (Å²) in [4.78, 5) is 2.58. The highest BCUT2D eigenvalue weighted by molar-refractivity contribution is 6.17. The number of fused-ring (bicyclic) bond motifs is 17. The third-order valence-corrected chi connectivity index (χ3v) is 16.7. The van der Waals surface area contributed by atoms with Crippen molar-refractivity contribution in [3.05, 3.63) is 317 Å². The lowest BCUT2D eigenvalue weighted by molar-refractivity contribution is 0.669. The van der Waals surface area contributed by atoms with Gasteiger partial charge in [0.15, 0.2) is 0 Å². The summed E-state index contributed by atoms with van der Waals surface area (Å²) in [5.41, 5.74) is 24.0. The van der Waals surface area contributed by atoms with Crippen LogP contribution in [0.25, 0.3) is 77.2 Å². The van der Waals surface area contributed by atoms with Gasteiger partial charge in [-0.25, -0.2) is 0 Å². The predicted molar refractivity (Wildman–Crippen MR) is 305 cm³/mol. The molecule has 0 saturated carbocycles. The van der Waals surface area contributed by atoms with Crippen molar-refractivity contribution in [1.82, 2.24) is 0 Å². The summed E-state index contributed by atoms with van der Waals surface area (Å²) in [6, 6.07) is 102. The highest BCUT2D eigenvalue weighted by Crippen LogP contribution is 2.65. The quantitative estimate of drug-likeness (QED) is 0.165. The lowest BCUT2D eigenvalue weighted by atomic mass is 9.68. The van der Waals surface area contributed by atoms with Crippen LogP contribution in [-0.2, 0) is 10.8 Å². The molecule has 0 saturated heterocycles. The number of rotatable bonds is 6. The van der Waals surface area contributed by atoms with E-state index in [9.17, 15) is 0 Å². The molecular formula is C72H45NO. The van der Waals surface area contributed by atoms with E-state index in [4.69, 9.17) is 4.42 Å². The van der Waals surface area contributed by atoms with Gasteiger partial charge in [0, 0.05) is 27.6 Å². The van der Waals surface area contributed by atoms with Gasteiger partial charge in [-0.3, -0.25) is 0 Å². The molecule has 0 fully saturated rings. The second kappa shape index (κ2) is 15.5. The summed E-state index contributed by atoms with van der Waals surface area (Å²) in [5, 5.41) is 4.57. The molecule has 1 aromatic heterocycles. The summed E-state index contributed by atoms with van der Waals surface area (Å²) >= 11 is 0. The maximum atomic E-state index is 6.78. The topological polar surface area (TPSA) is 16.4 Å². The Kier molecular flexibility index (Phi) is 8.62. The SMILES string of the molecule is c1ccc(C2(c3ccccc3)c3ccccc3-c3c(N(c4ccc5c(c4)C4(c6ccccc6-c6ccccc64)c4ccccc4-5)c4ccccc4-c4cccc5oc6cc7ccccc7cc6c45)cccc32)cc1. The minimum Gasteiger partial charge on any atom is -0.456 e. The summed E-state index contributed by atoms with van der Waals surface area (Å²) < 4.78 is 6.78. The Morgan fingerprint density at radius 2 is 0.757 bits per heavy atom. The van der Waals surface area contributed by atoms with E-state index in [0.717, 1.165) is 55.5 Å². The number of nitrogens with zero attached hydrogens (tertiary/aromatic N) is 1. The smallest absolute Gasteiger partial charge is 0.136 e. The molecule has 0 radical (unpaired) electrons. The van der Waals surface area contributed by atoms with Crippen LogP contribution in [0.15, 0.2) is 277 Å². The minimum absolute atomic E-state index is 0.522. The van der Waals surface area contributed by atoms with Crippen LogP contribution in [0, 0.1) is 0 Å². The highest BCUT2D eigenvalue weighted by Gasteiger charge is 2.52. The summed E-state index contributed by atoms with van der Waals surface area (Å²) in [5.74, 6) is 0. The van der Waals surface area contributed by atoms with E-state index in [1.165, 1.54) is 83.3 Å². The lowest BCUT2D eigenvalue weighted by Crippen LogP contribution is -2.28. The van der Waals surface area contributed by atoms with Crippen molar-refractivity contribution >= 4 is 49.8 Å². The number of furan rings is 1. The van der Waals surface area contributed by atoms with Crippen LogP contribution in [0.1, 0.15) is 44.5 Å². The van der Waals surface area contributed by atoms with Gasteiger partial charge in [0.05, 0.1) is 22.2 Å². The van der Waals surface area contributed by atoms with E-state index >= 15 is 0 Å². The lowest BCUT2D eigenvalue weighted by Gasteiger charge is -2.35. The van der Waals surface area contributed by atoms with E-state index in [2.05, 4.69) is 278 Å². The first kappa shape index (κ1) is 41.2. The molecule has 0 unspecified atom stereocenters. The first-order valence-corrected chi connectivity index (χ1v) is 25.7. The van der Waals surface area contributed by atoms with E-state index in [1.54, 1.807) is 0 Å². The molecule has 0 N–H and O–H groups in total. The summed E-state index contributed by atoms with van der Waals surface area (Å²) in [6.45, 7) is 0. The second-order valence-electron chi connectivity index (χ2n) is 20.2. The van der Waals surface area contributed by atoms with Crippen molar-refractivity contribution in [2.75, 3.05) is 4.90 Å². The average Bonchev–Trinajstić information content (AvgIpc) is 4.18. The van der Waals surface area contributed by atoms with Crippen molar-refractivity contribution < 1.29 is 4.42 Å². The van der Waals surface area contributed by atoms with E-state index in [1.807, 2.05) is 0 Å². The fourth-order valence-electron chi connectivity index (χ4n) is 13.9. The predicted octanol–water partition coefficient (Wildman–Crippen LogP) is 18.6. The molecule has 2 nitrogen and oxygen atoms in total. The van der Waals surface area contributed by atoms with Gasteiger partial charge in [0.2, 0.25) is 0 Å². The van der Waals surface area contributed by atoms with Crippen molar-refractivity contribution in [3.8, 4) is 44.5 Å². The van der Waals surface area contributed by atoms with Crippen LogP contribution < -0.4 is 4.90 Å². The van der Waals surface area contributed by atoms with Crippen molar-refractivity contribution in [2.45, 2.75) is 10.8 Å². The fraction of sp³-hybridized carbons (Fsp3) is 0.0278. The van der Waals surface area contributed by atoms with Gasteiger partial charge in [-0.2, -0.15) is 0 Å². The monoisotopic (exact) mass is 939 g/mol. The molecule has 3 aliphatic rings. The third-order valence-electron chi connectivity index (χ3n) is 16.7. The molecule has 0 aliphatic heterocycles. The van der Waals surface area contributed by atoms with Crippen molar-refractivity contribution in [3.63, 3.8) is 0 Å². The number of hydrogen-bond acceptors (Lipinski definition) is 2. The Morgan fingerprint density at radius 3 is 1.41 bits per heavy atom. The molecular weight excluding hydrogens is 895 g/mol. The van der Waals surface area contributed by atoms with E-state index in [0.29, 0.717) is 0 Å². The molecule has 3 aliphatic carbocycles. The molecule has 16 rings (SSSR count). The Bertz CT molecular complexity index is 4340. The zero-order valence-electron chi connectivity index (χ0n) is 40.3. The van der Waals surface area contributed by atoms with Crippen LogP contribution in [0.2, 0.25) is 0 Å². The Morgan fingerprint density at radius 1 is 0.284 bits per heavy atom.